The second-order valence-corrected chi connectivity index (χ2v) is 1.78. The Morgan fingerprint density at radius 2 is 2.22 bits per heavy atom. The Balaban J connectivity index is 3.88. The van der Waals surface area contributed by atoms with E-state index in [1.54, 1.807) is 6.92 Å². The molecule has 0 saturated heterocycles. The second kappa shape index (κ2) is 3.17. The average molecular weight is 131 g/mol. The van der Waals surface area contributed by atoms with Crippen molar-refractivity contribution in [3.8, 4) is 0 Å². The lowest BCUT2D eigenvalue weighted by Gasteiger charge is -1.97. The summed E-state index contributed by atoms with van der Waals surface area (Å²) in [7, 11) is 0. The third-order valence-electron chi connectivity index (χ3n) is 1.13. The molecule has 4 nitrogen and oxygen atoms in total. The highest BCUT2D eigenvalue weighted by Crippen LogP contribution is 1.93. The molecule has 0 N–H and O–H groups in total. The van der Waals surface area contributed by atoms with Crippen molar-refractivity contribution >= 4 is 5.78 Å². The van der Waals surface area contributed by atoms with Gasteiger partial charge in [-0.1, -0.05) is 6.92 Å². The summed E-state index contributed by atoms with van der Waals surface area (Å²) in [6, 6.07) is -1.03. The van der Waals surface area contributed by atoms with E-state index in [0.717, 1.165) is 0 Å². The van der Waals surface area contributed by atoms with Crippen LogP contribution >= 0.6 is 0 Å². The summed E-state index contributed by atoms with van der Waals surface area (Å²) >= 11 is 0. The molecule has 0 fully saturated rings. The van der Waals surface area contributed by atoms with E-state index >= 15 is 0 Å². The van der Waals surface area contributed by atoms with Crippen molar-refractivity contribution in [2.45, 2.75) is 26.3 Å². The van der Waals surface area contributed by atoms with E-state index in [1.165, 1.54) is 6.92 Å². The van der Waals surface area contributed by atoms with E-state index < -0.39 is 11.0 Å². The predicted molar refractivity (Wildman–Crippen MR) is 31.8 cm³/mol. The molecular formula is C5H9NO3. The molecule has 0 aromatic rings. The molecule has 0 aromatic heterocycles. The molecule has 0 aromatic carbocycles. The molecule has 9 heavy (non-hydrogen) atoms. The number of carbonyl (C=O) groups is 1. The zero-order valence-electron chi connectivity index (χ0n) is 5.46. The van der Waals surface area contributed by atoms with Crippen molar-refractivity contribution in [3.05, 3.63) is 10.1 Å². The molecule has 0 bridgehead atoms. The lowest BCUT2D eigenvalue weighted by Crippen LogP contribution is -2.24. The molecule has 1 atom stereocenters. The van der Waals surface area contributed by atoms with Crippen LogP contribution in [0.5, 0.6) is 0 Å². The molecule has 0 amide bonds. The predicted octanol–water partition coefficient (Wildman–Crippen LogP) is 0.631. The summed E-state index contributed by atoms with van der Waals surface area (Å²) in [5.74, 6) is -0.319. The topological polar surface area (TPSA) is 60.2 Å². The maximum Gasteiger partial charge on any atom is 0.267 e. The zero-order chi connectivity index (χ0) is 7.44. The molecule has 4 heteroatoms. The third kappa shape index (κ3) is 2.21. The van der Waals surface area contributed by atoms with Crippen LogP contribution in [0.1, 0.15) is 20.3 Å². The standard InChI is InChI=1S/C5H9NO3/c1-3-5(7)4(2)6(8)9/h4H,3H2,1-2H3. The summed E-state index contributed by atoms with van der Waals surface area (Å²) in [6.45, 7) is 2.91. The lowest BCUT2D eigenvalue weighted by atomic mass is 10.2. The van der Waals surface area contributed by atoms with E-state index in [-0.39, 0.29) is 12.2 Å². The van der Waals surface area contributed by atoms with Gasteiger partial charge in [0.1, 0.15) is 0 Å². The van der Waals surface area contributed by atoms with Gasteiger partial charge in [-0.05, 0) is 0 Å². The van der Waals surface area contributed by atoms with Crippen molar-refractivity contribution in [2.24, 2.45) is 0 Å². The fourth-order valence-electron chi connectivity index (χ4n) is 0.413. The summed E-state index contributed by atoms with van der Waals surface area (Å²) in [4.78, 5) is 19.8. The maximum atomic E-state index is 10.5. The maximum absolute atomic E-state index is 10.5. The first-order valence-electron chi connectivity index (χ1n) is 2.75. The first-order chi connectivity index (χ1) is 4.09. The molecule has 0 heterocycles. The zero-order valence-corrected chi connectivity index (χ0v) is 5.46. The van der Waals surface area contributed by atoms with Crippen LogP contribution in [0.3, 0.4) is 0 Å². The fraction of sp³-hybridized carbons (Fsp3) is 0.800. The van der Waals surface area contributed by atoms with E-state index in [2.05, 4.69) is 0 Å². The van der Waals surface area contributed by atoms with Gasteiger partial charge in [0.2, 0.25) is 5.78 Å². The number of hydrogen-bond acceptors (Lipinski definition) is 3. The van der Waals surface area contributed by atoms with Gasteiger partial charge in [0.25, 0.3) is 6.04 Å². The Labute approximate surface area is 53.0 Å². The molecule has 0 aliphatic rings. The van der Waals surface area contributed by atoms with Gasteiger partial charge in [0.05, 0.1) is 0 Å². The van der Waals surface area contributed by atoms with Crippen LogP contribution in [0.25, 0.3) is 0 Å². The van der Waals surface area contributed by atoms with Crippen molar-refractivity contribution in [1.29, 1.82) is 0 Å². The molecular weight excluding hydrogens is 122 g/mol. The van der Waals surface area contributed by atoms with E-state index in [9.17, 15) is 14.9 Å². The molecule has 1 unspecified atom stereocenters. The molecule has 0 aliphatic carbocycles. The number of hydrogen-bond donors (Lipinski definition) is 0. The van der Waals surface area contributed by atoms with Crippen LogP contribution in [0.2, 0.25) is 0 Å². The van der Waals surface area contributed by atoms with Crippen LogP contribution in [0, 0.1) is 10.1 Å². The minimum Gasteiger partial charge on any atom is -0.292 e. The Morgan fingerprint density at radius 1 is 1.78 bits per heavy atom. The molecule has 0 aliphatic heterocycles. The van der Waals surface area contributed by atoms with Gasteiger partial charge in [-0.3, -0.25) is 14.9 Å². The molecule has 0 spiro atoms. The number of ketones is 1. The van der Waals surface area contributed by atoms with E-state index in [0.29, 0.717) is 0 Å². The summed E-state index contributed by atoms with van der Waals surface area (Å²) in [5, 5.41) is 9.88. The van der Waals surface area contributed by atoms with Gasteiger partial charge in [-0.15, -0.1) is 0 Å². The highest BCUT2D eigenvalue weighted by molar-refractivity contribution is 5.81. The second-order valence-electron chi connectivity index (χ2n) is 1.78. The summed E-state index contributed by atoms with van der Waals surface area (Å²) < 4.78 is 0. The Hall–Kier alpha value is -0.930. The quantitative estimate of drug-likeness (QED) is 0.417. The van der Waals surface area contributed by atoms with Gasteiger partial charge in [-0.25, -0.2) is 0 Å². The SMILES string of the molecule is CCC(=O)C(C)[N+](=O)[O-]. The monoisotopic (exact) mass is 131 g/mol. The Kier molecular flexibility index (Phi) is 2.84. The van der Waals surface area contributed by atoms with Gasteiger partial charge in [0.15, 0.2) is 0 Å². The van der Waals surface area contributed by atoms with E-state index in [4.69, 9.17) is 0 Å². The smallest absolute Gasteiger partial charge is 0.267 e. The van der Waals surface area contributed by atoms with Crippen molar-refractivity contribution in [2.75, 3.05) is 0 Å². The van der Waals surface area contributed by atoms with Crippen molar-refractivity contribution in [1.82, 2.24) is 0 Å². The lowest BCUT2D eigenvalue weighted by molar-refractivity contribution is -0.503. The number of rotatable bonds is 3. The van der Waals surface area contributed by atoms with Crippen LogP contribution in [0.4, 0.5) is 0 Å². The van der Waals surface area contributed by atoms with E-state index in [1.807, 2.05) is 0 Å². The van der Waals surface area contributed by atoms with Crippen LogP contribution < -0.4 is 0 Å². The summed E-state index contributed by atoms with van der Waals surface area (Å²) in [6.07, 6.45) is 0.238. The van der Waals surface area contributed by atoms with Crippen molar-refractivity contribution < 1.29 is 9.72 Å². The number of nitrogens with zero attached hydrogens (tertiary/aromatic N) is 1. The summed E-state index contributed by atoms with van der Waals surface area (Å²) in [5.41, 5.74) is 0. The number of nitro groups is 1. The molecule has 52 valence electrons. The van der Waals surface area contributed by atoms with Crippen molar-refractivity contribution in [3.63, 3.8) is 0 Å². The Bertz CT molecular complexity index is 132. The minimum atomic E-state index is -1.03. The number of carbonyl (C=O) groups excluding carboxylic acids is 1. The van der Waals surface area contributed by atoms with Crippen LogP contribution in [-0.2, 0) is 4.79 Å². The van der Waals surface area contributed by atoms with Gasteiger partial charge in [0, 0.05) is 18.3 Å². The average Bonchev–Trinajstić information content (AvgIpc) is 1.84. The van der Waals surface area contributed by atoms with Gasteiger partial charge < -0.3 is 0 Å². The number of Topliss-reactive ketones (excluding diaryl/α,β-unsaturated/α-hetero) is 1. The normalized spacial score (nSPS) is 12.7. The molecule has 0 rings (SSSR count). The highest BCUT2D eigenvalue weighted by Gasteiger charge is 2.20. The third-order valence-corrected chi connectivity index (χ3v) is 1.13. The largest absolute Gasteiger partial charge is 0.292 e. The highest BCUT2D eigenvalue weighted by atomic mass is 16.6. The Morgan fingerprint density at radius 3 is 2.33 bits per heavy atom. The molecule has 0 saturated carbocycles. The fourth-order valence-corrected chi connectivity index (χ4v) is 0.413. The minimum absolute atomic E-state index is 0.238. The van der Waals surface area contributed by atoms with Crippen LogP contribution in [-0.4, -0.2) is 16.7 Å². The molecule has 0 radical (unpaired) electrons. The van der Waals surface area contributed by atoms with Crippen LogP contribution in [0.15, 0.2) is 0 Å². The van der Waals surface area contributed by atoms with Gasteiger partial charge >= 0.3 is 0 Å². The first-order valence-corrected chi connectivity index (χ1v) is 2.75. The van der Waals surface area contributed by atoms with Gasteiger partial charge in [-0.2, -0.15) is 0 Å². The first kappa shape index (κ1) is 8.07.